The number of likely N-dealkylation sites (N-methyl/N-ethyl adjacent to an activating group) is 1. The Hall–Kier alpha value is -1.74. The van der Waals surface area contributed by atoms with Gasteiger partial charge in [-0.1, -0.05) is 12.1 Å². The van der Waals surface area contributed by atoms with Crippen molar-refractivity contribution in [3.05, 3.63) is 52.2 Å². The quantitative estimate of drug-likeness (QED) is 0.737. The van der Waals surface area contributed by atoms with Gasteiger partial charge in [-0.3, -0.25) is 4.79 Å². The molecular weight excluding hydrogens is 358 g/mol. The highest BCUT2D eigenvalue weighted by atomic mass is 32.2. The summed E-state index contributed by atoms with van der Waals surface area (Å²) in [7, 11) is 3.45. The zero-order chi connectivity index (χ0) is 18.6. The van der Waals surface area contributed by atoms with Gasteiger partial charge in [-0.2, -0.15) is 0 Å². The average molecular weight is 383 g/mol. The molecule has 1 atom stereocenters. The summed E-state index contributed by atoms with van der Waals surface area (Å²) >= 11 is 1.66. The van der Waals surface area contributed by atoms with E-state index >= 15 is 0 Å². The second-order valence-corrected chi connectivity index (χ2v) is 9.30. The zero-order valence-corrected chi connectivity index (χ0v) is 16.4. The third-order valence-corrected chi connectivity index (χ3v) is 6.72. The van der Waals surface area contributed by atoms with E-state index in [1.54, 1.807) is 23.5 Å². The van der Waals surface area contributed by atoms with Crippen molar-refractivity contribution in [3.63, 3.8) is 0 Å². The van der Waals surface area contributed by atoms with Crippen molar-refractivity contribution in [2.24, 2.45) is 0 Å². The largest absolute Gasteiger partial charge is 0.346 e. The van der Waals surface area contributed by atoms with Crippen LogP contribution in [0.15, 0.2) is 46.7 Å². The second-order valence-electron chi connectivity index (χ2n) is 6.17. The molecule has 0 aliphatic carbocycles. The third kappa shape index (κ3) is 4.66. The fraction of sp³-hybridized carbons (Fsp3) is 0.353. The molecule has 0 radical (unpaired) electrons. The van der Waals surface area contributed by atoms with Crippen LogP contribution in [0.3, 0.4) is 0 Å². The molecule has 8 heteroatoms. The molecule has 25 heavy (non-hydrogen) atoms. The van der Waals surface area contributed by atoms with E-state index in [0.717, 1.165) is 4.31 Å². The van der Waals surface area contributed by atoms with Crippen LogP contribution in [0.2, 0.25) is 0 Å². The minimum Gasteiger partial charge on any atom is -0.346 e. The molecule has 1 amide bonds. The van der Waals surface area contributed by atoms with Crippen molar-refractivity contribution >= 4 is 27.3 Å². The number of carbonyl (C=O) groups is 1. The molecule has 0 fully saturated rings. The summed E-state index contributed by atoms with van der Waals surface area (Å²) in [5.74, 6) is -0.279. The number of nitrogens with zero attached hydrogens (tertiary/aromatic N) is 1. The van der Waals surface area contributed by atoms with Crippen LogP contribution in [-0.4, -0.2) is 53.4 Å². The Bertz CT molecular complexity index is 815. The predicted molar refractivity (Wildman–Crippen MR) is 99.5 cm³/mol. The maximum atomic E-state index is 12.5. The molecule has 1 aromatic heterocycles. The first-order chi connectivity index (χ1) is 11.7. The summed E-state index contributed by atoms with van der Waals surface area (Å²) in [5, 5.41) is 4.93. The molecule has 136 valence electrons. The monoisotopic (exact) mass is 382 g/mol. The molecule has 1 heterocycles. The van der Waals surface area contributed by atoms with Crippen molar-refractivity contribution in [2.45, 2.75) is 10.9 Å². The van der Waals surface area contributed by atoms with Crippen molar-refractivity contribution in [3.8, 4) is 0 Å². The predicted octanol–water partition coefficient (Wildman–Crippen LogP) is 0.614. The summed E-state index contributed by atoms with van der Waals surface area (Å²) in [5.41, 5.74) is 0.335. The molecule has 0 unspecified atom stereocenters. The van der Waals surface area contributed by atoms with E-state index in [-0.39, 0.29) is 16.8 Å². The van der Waals surface area contributed by atoms with Gasteiger partial charge in [0.05, 0.1) is 30.4 Å². The van der Waals surface area contributed by atoms with Crippen LogP contribution >= 0.6 is 11.3 Å². The molecule has 0 saturated heterocycles. The van der Waals surface area contributed by atoms with E-state index < -0.39 is 10.0 Å². The van der Waals surface area contributed by atoms with Gasteiger partial charge in [-0.25, -0.2) is 12.7 Å². The Labute approximate surface area is 153 Å². The van der Waals surface area contributed by atoms with E-state index in [9.17, 15) is 13.2 Å². The van der Waals surface area contributed by atoms with Crippen molar-refractivity contribution < 1.29 is 18.1 Å². The van der Waals surface area contributed by atoms with Gasteiger partial charge in [0, 0.05) is 19.7 Å². The Kier molecular flexibility index (Phi) is 6.34. The Morgan fingerprint density at radius 3 is 2.52 bits per heavy atom. The zero-order valence-electron chi connectivity index (χ0n) is 14.8. The lowest BCUT2D eigenvalue weighted by molar-refractivity contribution is -0.890. The van der Waals surface area contributed by atoms with Crippen molar-refractivity contribution in [1.82, 2.24) is 9.62 Å². The molecular formula is C17H24N3O3S2+. The van der Waals surface area contributed by atoms with Gasteiger partial charge < -0.3 is 10.2 Å². The molecule has 2 rings (SSSR count). The number of rotatable bonds is 7. The van der Waals surface area contributed by atoms with Crippen molar-refractivity contribution in [1.29, 1.82) is 0 Å². The van der Waals surface area contributed by atoms with E-state index in [4.69, 9.17) is 0 Å². The number of nitrogens with one attached hydrogen (secondary N) is 2. The molecule has 2 N–H and O–H groups in total. The number of thiophene rings is 1. The number of sulfonamides is 1. The van der Waals surface area contributed by atoms with Gasteiger partial charge in [-0.05, 0) is 29.6 Å². The standard InChI is InChI=1S/C17H23N3O3S2/c1-19(2)15(16-9-6-10-24-16)12-18-17(21)13-7-5-8-14(11-13)25(22,23)20(3)4/h5-11,15H,12H2,1-4H3,(H,18,21)/p+1/t15-/m1/s1. The number of benzene rings is 1. The van der Waals surface area contributed by atoms with Crippen LogP contribution in [0.1, 0.15) is 21.3 Å². The van der Waals surface area contributed by atoms with Gasteiger partial charge >= 0.3 is 0 Å². The van der Waals surface area contributed by atoms with Gasteiger partial charge in [0.15, 0.2) is 0 Å². The van der Waals surface area contributed by atoms with Crippen LogP contribution < -0.4 is 10.2 Å². The average Bonchev–Trinajstić information content (AvgIpc) is 3.08. The molecule has 1 aromatic carbocycles. The first kappa shape index (κ1) is 19.6. The van der Waals surface area contributed by atoms with E-state index in [1.165, 1.54) is 36.0 Å². The lowest BCUT2D eigenvalue weighted by Gasteiger charge is -2.20. The van der Waals surface area contributed by atoms with E-state index in [0.29, 0.717) is 12.1 Å². The SMILES string of the molecule is CN(C)S(=O)(=O)c1cccc(C(=O)NC[C@H](c2cccs2)[NH+](C)C)c1. The summed E-state index contributed by atoms with van der Waals surface area (Å²) in [6.45, 7) is 0.479. The molecule has 0 saturated carbocycles. The lowest BCUT2D eigenvalue weighted by atomic mass is 10.2. The number of hydrogen-bond acceptors (Lipinski definition) is 4. The van der Waals surface area contributed by atoms with Gasteiger partial charge in [-0.15, -0.1) is 11.3 Å². The summed E-state index contributed by atoms with van der Waals surface area (Å²) in [6.07, 6.45) is 0. The third-order valence-electron chi connectivity index (χ3n) is 3.93. The van der Waals surface area contributed by atoms with Crippen LogP contribution in [0, 0.1) is 0 Å². The first-order valence-electron chi connectivity index (χ1n) is 7.87. The topological polar surface area (TPSA) is 70.9 Å². The smallest absolute Gasteiger partial charge is 0.251 e. The van der Waals surface area contributed by atoms with Crippen LogP contribution in [-0.2, 0) is 10.0 Å². The number of hydrogen-bond donors (Lipinski definition) is 2. The Morgan fingerprint density at radius 2 is 1.96 bits per heavy atom. The molecule has 0 bridgehead atoms. The van der Waals surface area contributed by atoms with E-state index in [1.807, 2.05) is 25.5 Å². The van der Waals surface area contributed by atoms with Gasteiger partial charge in [0.25, 0.3) is 5.91 Å². The fourth-order valence-electron chi connectivity index (χ4n) is 2.38. The van der Waals surface area contributed by atoms with Crippen LogP contribution in [0.5, 0.6) is 0 Å². The maximum absolute atomic E-state index is 12.5. The second kappa shape index (κ2) is 8.09. The van der Waals surface area contributed by atoms with Crippen LogP contribution in [0.25, 0.3) is 0 Å². The maximum Gasteiger partial charge on any atom is 0.251 e. The minimum absolute atomic E-state index is 0.109. The number of quaternary nitrogens is 1. The number of carbonyl (C=O) groups excluding carboxylic acids is 1. The highest BCUT2D eigenvalue weighted by Gasteiger charge is 2.22. The lowest BCUT2D eigenvalue weighted by Crippen LogP contribution is -3.06. The minimum atomic E-state index is -3.56. The Morgan fingerprint density at radius 1 is 1.24 bits per heavy atom. The highest BCUT2D eigenvalue weighted by molar-refractivity contribution is 7.89. The van der Waals surface area contributed by atoms with Gasteiger partial charge in [0.1, 0.15) is 6.04 Å². The Balaban J connectivity index is 2.13. The number of amides is 1. The first-order valence-corrected chi connectivity index (χ1v) is 10.2. The van der Waals surface area contributed by atoms with Crippen LogP contribution in [0.4, 0.5) is 0 Å². The summed E-state index contributed by atoms with van der Waals surface area (Å²) in [4.78, 5) is 15.0. The molecule has 2 aromatic rings. The summed E-state index contributed by atoms with van der Waals surface area (Å²) < 4.78 is 25.6. The summed E-state index contributed by atoms with van der Waals surface area (Å²) in [6, 6.07) is 10.3. The highest BCUT2D eigenvalue weighted by Crippen LogP contribution is 2.17. The van der Waals surface area contributed by atoms with E-state index in [2.05, 4.69) is 11.4 Å². The van der Waals surface area contributed by atoms with Crippen molar-refractivity contribution in [2.75, 3.05) is 34.7 Å². The van der Waals surface area contributed by atoms with Gasteiger partial charge in [0.2, 0.25) is 10.0 Å². The molecule has 0 aliphatic rings. The fourth-order valence-corrected chi connectivity index (χ4v) is 4.29. The molecule has 0 spiro atoms. The molecule has 0 aliphatic heterocycles. The normalized spacial score (nSPS) is 13.2. The molecule has 6 nitrogen and oxygen atoms in total.